The van der Waals surface area contributed by atoms with Crippen LogP contribution in [0.1, 0.15) is 31.4 Å². The van der Waals surface area contributed by atoms with Crippen molar-refractivity contribution in [2.24, 2.45) is 17.4 Å². The molecule has 2 amide bonds. The molecule has 3 atom stereocenters. The summed E-state index contributed by atoms with van der Waals surface area (Å²) in [5.41, 5.74) is 12.8. The van der Waals surface area contributed by atoms with E-state index in [0.717, 1.165) is 11.6 Å². The molecule has 0 radical (unpaired) electrons. The molecule has 3 rings (SSSR count). The van der Waals surface area contributed by atoms with Gasteiger partial charge in [0.25, 0.3) is 5.91 Å². The minimum atomic E-state index is -1.30. The predicted molar refractivity (Wildman–Crippen MR) is 151 cm³/mol. The third-order valence-corrected chi connectivity index (χ3v) is 7.67. The first-order valence-corrected chi connectivity index (χ1v) is 14.3. The van der Waals surface area contributed by atoms with Gasteiger partial charge in [0.15, 0.2) is 17.0 Å². The van der Waals surface area contributed by atoms with Crippen molar-refractivity contribution >= 4 is 35.2 Å². The zero-order valence-electron chi connectivity index (χ0n) is 23.0. The van der Waals surface area contributed by atoms with Gasteiger partial charge >= 0.3 is 5.97 Å². The number of hydrogen-bond acceptors (Lipinski definition) is 8. The summed E-state index contributed by atoms with van der Waals surface area (Å²) in [4.78, 5) is 39.5. The number of thioether (sulfide) groups is 1. The topological polar surface area (TPSA) is 140 Å². The average molecular weight is 596 g/mol. The van der Waals surface area contributed by atoms with Gasteiger partial charge in [0.2, 0.25) is 5.91 Å². The second kappa shape index (κ2) is 15.1. The Balaban J connectivity index is 1.51. The summed E-state index contributed by atoms with van der Waals surface area (Å²) in [5, 5.41) is 5.26. The van der Waals surface area contributed by atoms with Gasteiger partial charge in [-0.05, 0) is 41.7 Å². The van der Waals surface area contributed by atoms with E-state index in [1.807, 2.05) is 26.0 Å². The molecule has 0 aliphatic carbocycles. The number of ether oxygens (including phenoxy) is 1. The van der Waals surface area contributed by atoms with E-state index in [9.17, 15) is 27.6 Å². The van der Waals surface area contributed by atoms with Gasteiger partial charge in [-0.1, -0.05) is 26.0 Å². The SMILES string of the molecule is CC(C)C(Nc1ccc(CNC(=O)[C@@H]2SCCN2C(=O)CC(N)Cc2cc(F)c(F)cc2F)cc1)C(=O)OCCN. The highest BCUT2D eigenvalue weighted by Crippen LogP contribution is 2.26. The van der Waals surface area contributed by atoms with E-state index in [4.69, 9.17) is 16.2 Å². The van der Waals surface area contributed by atoms with Crippen molar-refractivity contribution in [1.82, 2.24) is 10.2 Å². The summed E-state index contributed by atoms with van der Waals surface area (Å²) in [5.74, 6) is -4.00. The van der Waals surface area contributed by atoms with Crippen LogP contribution in [0.2, 0.25) is 0 Å². The Morgan fingerprint density at radius 2 is 1.78 bits per heavy atom. The number of carbonyl (C=O) groups excluding carboxylic acids is 3. The molecule has 0 aromatic heterocycles. The molecule has 1 heterocycles. The van der Waals surface area contributed by atoms with Crippen LogP contribution in [-0.2, 0) is 32.1 Å². The zero-order chi connectivity index (χ0) is 30.1. The zero-order valence-corrected chi connectivity index (χ0v) is 23.8. The molecule has 1 aliphatic rings. The maximum absolute atomic E-state index is 14.0. The minimum absolute atomic E-state index is 0.0181. The minimum Gasteiger partial charge on any atom is -0.463 e. The monoisotopic (exact) mass is 595 g/mol. The normalized spacial score (nSPS) is 16.4. The van der Waals surface area contributed by atoms with Crippen LogP contribution in [0, 0.1) is 23.4 Å². The van der Waals surface area contributed by atoms with Crippen molar-refractivity contribution in [2.75, 3.05) is 30.8 Å². The van der Waals surface area contributed by atoms with Gasteiger partial charge < -0.3 is 31.7 Å². The lowest BCUT2D eigenvalue weighted by atomic mass is 10.0. The van der Waals surface area contributed by atoms with E-state index in [1.165, 1.54) is 16.7 Å². The van der Waals surface area contributed by atoms with E-state index >= 15 is 0 Å². The summed E-state index contributed by atoms with van der Waals surface area (Å²) < 4.78 is 45.8. The maximum Gasteiger partial charge on any atom is 0.328 e. The van der Waals surface area contributed by atoms with Gasteiger partial charge in [0.1, 0.15) is 18.5 Å². The molecule has 41 heavy (non-hydrogen) atoms. The van der Waals surface area contributed by atoms with Crippen LogP contribution in [0.3, 0.4) is 0 Å². The average Bonchev–Trinajstić information content (AvgIpc) is 3.43. The van der Waals surface area contributed by atoms with Crippen molar-refractivity contribution < 1.29 is 32.3 Å². The van der Waals surface area contributed by atoms with E-state index in [0.29, 0.717) is 24.1 Å². The summed E-state index contributed by atoms with van der Waals surface area (Å²) in [6.45, 7) is 4.77. The van der Waals surface area contributed by atoms with Crippen LogP contribution in [0.4, 0.5) is 18.9 Å². The lowest BCUT2D eigenvalue weighted by molar-refractivity contribution is -0.145. The first-order chi connectivity index (χ1) is 19.5. The molecule has 224 valence electrons. The number of nitrogens with two attached hydrogens (primary N) is 2. The Hall–Kier alpha value is -3.29. The summed E-state index contributed by atoms with van der Waals surface area (Å²) in [6.07, 6.45) is -0.349. The Labute approximate surface area is 241 Å². The Morgan fingerprint density at radius 1 is 1.10 bits per heavy atom. The standard InChI is InChI=1S/C28H36F3N5O4S/c1-16(2)25(28(39)40-9-7-32)35-20-5-3-17(4-6-20)15-34-26(38)27-36(8-10-41-27)24(37)13-19(33)11-18-12-22(30)23(31)14-21(18)29/h3-6,12,14,16,19,25,27,35H,7-11,13,15,32-33H2,1-2H3,(H,34,38)/t19?,25?,27-/m0/s1. The van der Waals surface area contributed by atoms with E-state index < -0.39 is 34.9 Å². The summed E-state index contributed by atoms with van der Waals surface area (Å²) in [7, 11) is 0. The summed E-state index contributed by atoms with van der Waals surface area (Å²) in [6, 6.07) is 7.01. The van der Waals surface area contributed by atoms with Crippen molar-refractivity contribution in [1.29, 1.82) is 0 Å². The molecule has 1 saturated heterocycles. The molecule has 1 aliphatic heterocycles. The number of rotatable bonds is 13. The molecule has 1 fully saturated rings. The van der Waals surface area contributed by atoms with Gasteiger partial charge in [-0.15, -0.1) is 11.8 Å². The van der Waals surface area contributed by atoms with E-state index in [1.54, 1.807) is 12.1 Å². The Kier molecular flexibility index (Phi) is 11.9. The number of nitrogens with zero attached hydrogens (tertiary/aromatic N) is 1. The second-order valence-electron chi connectivity index (χ2n) is 10.1. The van der Waals surface area contributed by atoms with Gasteiger partial charge in [0, 0.05) is 49.6 Å². The molecule has 9 nitrogen and oxygen atoms in total. The third-order valence-electron chi connectivity index (χ3n) is 6.47. The molecule has 0 saturated carbocycles. The third kappa shape index (κ3) is 9.10. The van der Waals surface area contributed by atoms with Crippen LogP contribution in [0.25, 0.3) is 0 Å². The van der Waals surface area contributed by atoms with Gasteiger partial charge in [-0.25, -0.2) is 18.0 Å². The number of hydrogen-bond donors (Lipinski definition) is 4. The molecule has 6 N–H and O–H groups in total. The molecule has 13 heteroatoms. The van der Waals surface area contributed by atoms with Gasteiger partial charge in [0.05, 0.1) is 0 Å². The van der Waals surface area contributed by atoms with Gasteiger partial charge in [-0.3, -0.25) is 9.59 Å². The fourth-order valence-electron chi connectivity index (χ4n) is 4.28. The fraction of sp³-hybridized carbons (Fsp3) is 0.464. The fourth-order valence-corrected chi connectivity index (χ4v) is 5.44. The van der Waals surface area contributed by atoms with E-state index in [2.05, 4.69) is 10.6 Å². The maximum atomic E-state index is 14.0. The molecule has 2 aromatic rings. The quantitative estimate of drug-likeness (QED) is 0.205. The highest BCUT2D eigenvalue weighted by atomic mass is 32.2. The van der Waals surface area contributed by atoms with E-state index in [-0.39, 0.29) is 61.8 Å². The molecular formula is C28H36F3N5O4S. The molecular weight excluding hydrogens is 559 g/mol. The first kappa shape index (κ1) is 32.2. The Bertz CT molecular complexity index is 1220. The molecule has 2 aromatic carbocycles. The van der Waals surface area contributed by atoms with Crippen LogP contribution in [-0.4, -0.2) is 65.6 Å². The van der Waals surface area contributed by atoms with Crippen LogP contribution >= 0.6 is 11.8 Å². The molecule has 0 spiro atoms. The number of nitrogens with one attached hydrogen (secondary N) is 2. The van der Waals surface area contributed by atoms with Crippen molar-refractivity contribution in [3.05, 3.63) is 65.0 Å². The van der Waals surface area contributed by atoms with Crippen LogP contribution < -0.4 is 22.1 Å². The predicted octanol–water partition coefficient (Wildman–Crippen LogP) is 2.52. The Morgan fingerprint density at radius 3 is 2.44 bits per heavy atom. The number of carbonyl (C=O) groups is 3. The summed E-state index contributed by atoms with van der Waals surface area (Å²) >= 11 is 1.32. The van der Waals surface area contributed by atoms with Crippen LogP contribution in [0.5, 0.6) is 0 Å². The largest absolute Gasteiger partial charge is 0.463 e. The molecule has 2 unspecified atom stereocenters. The molecule has 0 bridgehead atoms. The highest BCUT2D eigenvalue weighted by Gasteiger charge is 2.35. The number of esters is 1. The number of anilines is 1. The smallest absolute Gasteiger partial charge is 0.328 e. The second-order valence-corrected chi connectivity index (χ2v) is 11.3. The van der Waals surface area contributed by atoms with Gasteiger partial charge in [-0.2, -0.15) is 0 Å². The van der Waals surface area contributed by atoms with Crippen molar-refractivity contribution in [3.8, 4) is 0 Å². The highest BCUT2D eigenvalue weighted by molar-refractivity contribution is 8.00. The number of benzene rings is 2. The van der Waals surface area contributed by atoms with Crippen molar-refractivity contribution in [2.45, 2.75) is 50.7 Å². The van der Waals surface area contributed by atoms with Crippen LogP contribution in [0.15, 0.2) is 36.4 Å². The first-order valence-electron chi connectivity index (χ1n) is 13.3. The number of amides is 2. The lowest BCUT2D eigenvalue weighted by Crippen LogP contribution is -2.46. The van der Waals surface area contributed by atoms with Crippen molar-refractivity contribution in [3.63, 3.8) is 0 Å². The number of halogens is 3. The lowest BCUT2D eigenvalue weighted by Gasteiger charge is -2.24.